The number of thiophene rings is 1. The van der Waals surface area contributed by atoms with Gasteiger partial charge in [-0.3, -0.25) is 14.5 Å². The van der Waals surface area contributed by atoms with E-state index in [1.54, 1.807) is 6.20 Å². The van der Waals surface area contributed by atoms with E-state index in [9.17, 15) is 4.79 Å². The molecule has 128 valence electrons. The highest BCUT2D eigenvalue weighted by molar-refractivity contribution is 7.12. The lowest BCUT2D eigenvalue weighted by Gasteiger charge is -2.22. The van der Waals surface area contributed by atoms with Gasteiger partial charge in [0.05, 0.1) is 29.4 Å². The van der Waals surface area contributed by atoms with E-state index in [-0.39, 0.29) is 12.0 Å². The van der Waals surface area contributed by atoms with Crippen molar-refractivity contribution in [3.63, 3.8) is 0 Å². The summed E-state index contributed by atoms with van der Waals surface area (Å²) in [5.74, 6) is -0.0707. The van der Waals surface area contributed by atoms with E-state index in [2.05, 4.69) is 21.6 Å². The number of carbonyl (C=O) groups excluding carboxylic acids is 1. The van der Waals surface area contributed by atoms with Gasteiger partial charge in [-0.15, -0.1) is 11.3 Å². The maximum atomic E-state index is 12.1. The first-order valence-electron chi connectivity index (χ1n) is 8.19. The molecule has 0 aliphatic carbocycles. The van der Waals surface area contributed by atoms with E-state index < -0.39 is 0 Å². The molecule has 1 aliphatic heterocycles. The van der Waals surface area contributed by atoms with E-state index in [1.807, 2.05) is 40.4 Å². The number of carbonyl (C=O) groups is 1. The molecule has 0 saturated carbocycles. The molecule has 1 N–H and O–H groups in total. The summed E-state index contributed by atoms with van der Waals surface area (Å²) in [7, 11) is 0. The topological polar surface area (TPSA) is 69.0 Å². The maximum Gasteiger partial charge on any atom is 0.261 e. The van der Waals surface area contributed by atoms with Gasteiger partial charge in [-0.2, -0.15) is 5.10 Å². The monoisotopic (exact) mass is 354 g/mol. The molecule has 4 heterocycles. The summed E-state index contributed by atoms with van der Waals surface area (Å²) in [6.45, 7) is 1.69. The minimum absolute atomic E-state index is 0.0707. The van der Waals surface area contributed by atoms with Gasteiger partial charge in [0.2, 0.25) is 0 Å². The van der Waals surface area contributed by atoms with Crippen LogP contribution in [0.15, 0.2) is 48.1 Å². The molecule has 1 unspecified atom stereocenters. The lowest BCUT2D eigenvalue weighted by atomic mass is 10.1. The first kappa shape index (κ1) is 16.0. The fourth-order valence-corrected chi connectivity index (χ4v) is 3.55. The Bertz CT molecular complexity index is 845. The highest BCUT2D eigenvalue weighted by Gasteiger charge is 2.25. The minimum atomic E-state index is -0.211. The van der Waals surface area contributed by atoms with Crippen LogP contribution in [0.1, 0.15) is 32.7 Å². The van der Waals surface area contributed by atoms with Crippen molar-refractivity contribution in [3.8, 4) is 0 Å². The molecule has 1 atom stereocenters. The molecule has 3 aromatic heterocycles. The predicted molar refractivity (Wildman–Crippen MR) is 94.6 cm³/mol. The number of amides is 1. The fraction of sp³-hybridized carbons (Fsp3) is 0.278. The average Bonchev–Trinajstić information content (AvgIpc) is 3.30. The third kappa shape index (κ3) is 3.62. The van der Waals surface area contributed by atoms with E-state index in [1.165, 1.54) is 16.9 Å². The molecule has 1 aliphatic rings. The summed E-state index contributed by atoms with van der Waals surface area (Å²) in [5, 5.41) is 9.50. The zero-order valence-electron chi connectivity index (χ0n) is 13.6. The van der Waals surface area contributed by atoms with Crippen molar-refractivity contribution in [2.45, 2.75) is 19.1 Å². The highest BCUT2D eigenvalue weighted by atomic mass is 32.1. The number of fused-ring (bicyclic) bond motifs is 1. The van der Waals surface area contributed by atoms with Crippen LogP contribution in [0.2, 0.25) is 0 Å². The van der Waals surface area contributed by atoms with Crippen LogP contribution in [0.3, 0.4) is 0 Å². The number of hydrogen-bond acceptors (Lipinski definition) is 5. The van der Waals surface area contributed by atoms with Crippen LogP contribution in [0.4, 0.5) is 0 Å². The zero-order valence-corrected chi connectivity index (χ0v) is 14.4. The van der Waals surface area contributed by atoms with Crippen LogP contribution in [0, 0.1) is 0 Å². The third-order valence-electron chi connectivity index (χ3n) is 4.11. The van der Waals surface area contributed by atoms with Gasteiger partial charge in [-0.1, -0.05) is 12.1 Å². The first-order valence-corrected chi connectivity index (χ1v) is 9.07. The van der Waals surface area contributed by atoms with E-state index >= 15 is 0 Å². The van der Waals surface area contributed by atoms with Crippen molar-refractivity contribution in [1.82, 2.24) is 20.1 Å². The lowest BCUT2D eigenvalue weighted by molar-refractivity contribution is 0.0384. The summed E-state index contributed by atoms with van der Waals surface area (Å²) < 4.78 is 7.73. The second-order valence-electron chi connectivity index (χ2n) is 5.85. The summed E-state index contributed by atoms with van der Waals surface area (Å²) in [4.78, 5) is 17.2. The molecule has 4 rings (SSSR count). The van der Waals surface area contributed by atoms with Crippen LogP contribution in [-0.4, -0.2) is 33.8 Å². The molecule has 0 aromatic carbocycles. The Labute approximate surface area is 149 Å². The van der Waals surface area contributed by atoms with Gasteiger partial charge in [-0.25, -0.2) is 0 Å². The summed E-state index contributed by atoms with van der Waals surface area (Å²) in [6, 6.07) is 9.54. The standard InChI is InChI=1S/C18H18N4O2S/c23-18(16-5-3-9-25-16)20-10-15-17-13(6-8-24-15)11-22(21-17)12-14-4-1-2-7-19-14/h1-5,7,9,11,15H,6,8,10,12H2,(H,20,23). The Morgan fingerprint density at radius 3 is 3.12 bits per heavy atom. The number of nitrogens with one attached hydrogen (secondary N) is 1. The summed E-state index contributed by atoms with van der Waals surface area (Å²) >= 11 is 1.43. The molecule has 0 fully saturated rings. The molecule has 0 spiro atoms. The number of hydrogen-bond donors (Lipinski definition) is 1. The molecule has 0 saturated heterocycles. The summed E-state index contributed by atoms with van der Waals surface area (Å²) in [6.07, 6.45) is 4.47. The lowest BCUT2D eigenvalue weighted by Crippen LogP contribution is -2.31. The molecular formula is C18H18N4O2S. The van der Waals surface area contributed by atoms with Gasteiger partial charge in [0.15, 0.2) is 0 Å². The smallest absolute Gasteiger partial charge is 0.261 e. The van der Waals surface area contributed by atoms with Crippen LogP contribution >= 0.6 is 11.3 Å². The molecule has 7 heteroatoms. The third-order valence-corrected chi connectivity index (χ3v) is 4.98. The molecule has 25 heavy (non-hydrogen) atoms. The molecule has 0 bridgehead atoms. The van der Waals surface area contributed by atoms with Crippen molar-refractivity contribution >= 4 is 17.2 Å². The second kappa shape index (κ2) is 7.16. The Kier molecular flexibility index (Phi) is 4.58. The largest absolute Gasteiger partial charge is 0.370 e. The van der Waals surface area contributed by atoms with Crippen LogP contribution in [-0.2, 0) is 17.7 Å². The molecule has 1 amide bonds. The van der Waals surface area contributed by atoms with Crippen LogP contribution in [0.5, 0.6) is 0 Å². The van der Waals surface area contributed by atoms with Gasteiger partial charge < -0.3 is 10.1 Å². The number of pyridine rings is 1. The predicted octanol–water partition coefficient (Wildman–Crippen LogP) is 2.43. The van der Waals surface area contributed by atoms with Crippen LogP contribution < -0.4 is 5.32 Å². The Morgan fingerprint density at radius 1 is 1.36 bits per heavy atom. The van der Waals surface area contributed by atoms with Crippen molar-refractivity contribution in [3.05, 3.63) is 69.9 Å². The highest BCUT2D eigenvalue weighted by Crippen LogP contribution is 2.25. The van der Waals surface area contributed by atoms with E-state index in [0.29, 0.717) is 24.6 Å². The van der Waals surface area contributed by atoms with Gasteiger partial charge >= 0.3 is 0 Å². The zero-order chi connectivity index (χ0) is 17.1. The molecule has 3 aromatic rings. The van der Waals surface area contributed by atoms with E-state index in [4.69, 9.17) is 4.74 Å². The first-order chi connectivity index (χ1) is 12.3. The van der Waals surface area contributed by atoms with Gasteiger partial charge in [0.1, 0.15) is 6.10 Å². The van der Waals surface area contributed by atoms with Crippen LogP contribution in [0.25, 0.3) is 0 Å². The Hall–Kier alpha value is -2.51. The van der Waals surface area contributed by atoms with E-state index in [0.717, 1.165) is 17.8 Å². The molecular weight excluding hydrogens is 336 g/mol. The van der Waals surface area contributed by atoms with Crippen molar-refractivity contribution in [2.24, 2.45) is 0 Å². The van der Waals surface area contributed by atoms with Crippen molar-refractivity contribution in [2.75, 3.05) is 13.2 Å². The average molecular weight is 354 g/mol. The van der Waals surface area contributed by atoms with Gasteiger partial charge in [0, 0.05) is 18.9 Å². The molecule has 0 radical (unpaired) electrons. The van der Waals surface area contributed by atoms with Crippen molar-refractivity contribution < 1.29 is 9.53 Å². The van der Waals surface area contributed by atoms with Crippen molar-refractivity contribution in [1.29, 1.82) is 0 Å². The number of aromatic nitrogens is 3. The number of nitrogens with zero attached hydrogens (tertiary/aromatic N) is 3. The molecule has 6 nitrogen and oxygen atoms in total. The number of ether oxygens (including phenoxy) is 1. The second-order valence-corrected chi connectivity index (χ2v) is 6.80. The maximum absolute atomic E-state index is 12.1. The SMILES string of the molecule is O=C(NCC1OCCc2cn(Cc3ccccn3)nc21)c1cccs1. The Balaban J connectivity index is 1.45. The fourth-order valence-electron chi connectivity index (χ4n) is 2.91. The van der Waals surface area contributed by atoms with Gasteiger partial charge in [0.25, 0.3) is 5.91 Å². The quantitative estimate of drug-likeness (QED) is 0.764. The van der Waals surface area contributed by atoms with Gasteiger partial charge in [-0.05, 0) is 35.6 Å². The summed E-state index contributed by atoms with van der Waals surface area (Å²) in [5.41, 5.74) is 3.05. The Morgan fingerprint density at radius 2 is 2.32 bits per heavy atom. The number of rotatable bonds is 5. The normalized spacial score (nSPS) is 16.4. The minimum Gasteiger partial charge on any atom is -0.370 e.